The van der Waals surface area contributed by atoms with Gasteiger partial charge in [0.2, 0.25) is 0 Å². The van der Waals surface area contributed by atoms with Gasteiger partial charge in [-0.15, -0.1) is 0 Å². The fourth-order valence-corrected chi connectivity index (χ4v) is 0.166. The third kappa shape index (κ3) is 3.03. The average Bonchev–Trinajstić information content (AvgIpc) is 1.83. The third-order valence-corrected chi connectivity index (χ3v) is 0.508. The molecule has 0 bridgehead atoms. The van der Waals surface area contributed by atoms with Gasteiger partial charge in [0.25, 0.3) is 0 Å². The van der Waals surface area contributed by atoms with Gasteiger partial charge in [0, 0.05) is 0 Å². The molecule has 0 aromatic rings. The molecule has 0 saturated carbocycles. The van der Waals surface area contributed by atoms with Crippen LogP contribution in [0.4, 0.5) is 0 Å². The second-order valence-electron chi connectivity index (χ2n) is 1.07. The Hall–Kier alpha value is -1.18. The summed E-state index contributed by atoms with van der Waals surface area (Å²) < 4.78 is 4.60. The smallest absolute Gasteiger partial charge is 0.125 e. The SMILES string of the molecule is C=CC(=C)O/C=C/O. The molecule has 0 fully saturated rings. The lowest BCUT2D eigenvalue weighted by molar-refractivity contribution is 0.343. The van der Waals surface area contributed by atoms with Gasteiger partial charge in [0.1, 0.15) is 18.3 Å². The predicted octanol–water partition coefficient (Wildman–Crippen LogP) is 1.73. The van der Waals surface area contributed by atoms with Crippen LogP contribution >= 0.6 is 0 Å². The standard InChI is InChI=1S/C6H8O2/c1-3-6(2)8-5-4-7/h3-5,7H,1-2H2/b5-4+. The first-order valence-corrected chi connectivity index (χ1v) is 2.08. The molecule has 8 heavy (non-hydrogen) atoms. The summed E-state index contributed by atoms with van der Waals surface area (Å²) in [4.78, 5) is 0. The second kappa shape index (κ2) is 3.99. The van der Waals surface area contributed by atoms with E-state index in [4.69, 9.17) is 5.11 Å². The molecule has 0 rings (SSSR count). The minimum Gasteiger partial charge on any atom is -0.512 e. The highest BCUT2D eigenvalue weighted by atomic mass is 16.5. The van der Waals surface area contributed by atoms with Gasteiger partial charge in [-0.05, 0) is 6.08 Å². The highest BCUT2D eigenvalue weighted by molar-refractivity contribution is 5.02. The normalized spacial score (nSPS) is 9.00. The Morgan fingerprint density at radius 3 is 2.62 bits per heavy atom. The Bertz CT molecular complexity index is 114. The van der Waals surface area contributed by atoms with Crippen molar-refractivity contribution in [2.24, 2.45) is 0 Å². The molecule has 0 aromatic heterocycles. The van der Waals surface area contributed by atoms with Crippen LogP contribution in [0.3, 0.4) is 0 Å². The monoisotopic (exact) mass is 112 g/mol. The number of hydrogen-bond acceptors (Lipinski definition) is 2. The largest absolute Gasteiger partial charge is 0.512 e. The summed E-state index contributed by atoms with van der Waals surface area (Å²) in [7, 11) is 0. The van der Waals surface area contributed by atoms with Gasteiger partial charge >= 0.3 is 0 Å². The van der Waals surface area contributed by atoms with Crippen molar-refractivity contribution >= 4 is 0 Å². The molecule has 1 N–H and O–H groups in total. The van der Waals surface area contributed by atoms with Gasteiger partial charge in [0.05, 0.1) is 0 Å². The van der Waals surface area contributed by atoms with Crippen molar-refractivity contribution in [3.8, 4) is 0 Å². The molecule has 0 aliphatic heterocycles. The van der Waals surface area contributed by atoms with Gasteiger partial charge < -0.3 is 9.84 Å². The van der Waals surface area contributed by atoms with Gasteiger partial charge in [-0.25, -0.2) is 0 Å². The van der Waals surface area contributed by atoms with Crippen LogP contribution in [0.5, 0.6) is 0 Å². The van der Waals surface area contributed by atoms with E-state index in [2.05, 4.69) is 17.9 Å². The van der Waals surface area contributed by atoms with E-state index in [1.807, 2.05) is 0 Å². The first-order chi connectivity index (χ1) is 3.81. The van der Waals surface area contributed by atoms with E-state index in [0.717, 1.165) is 12.5 Å². The maximum Gasteiger partial charge on any atom is 0.125 e. The quantitative estimate of drug-likeness (QED) is 0.445. The molecule has 0 saturated heterocycles. The predicted molar refractivity (Wildman–Crippen MR) is 32.2 cm³/mol. The van der Waals surface area contributed by atoms with E-state index >= 15 is 0 Å². The van der Waals surface area contributed by atoms with Crippen molar-refractivity contribution in [1.82, 2.24) is 0 Å². The van der Waals surface area contributed by atoms with Gasteiger partial charge in [0.15, 0.2) is 0 Å². The summed E-state index contributed by atoms with van der Waals surface area (Å²) in [6.45, 7) is 6.78. The molecule has 0 aromatic carbocycles. The Morgan fingerprint density at radius 1 is 1.62 bits per heavy atom. The Balaban J connectivity index is 3.39. The molecule has 2 heteroatoms. The molecular formula is C6H8O2. The lowest BCUT2D eigenvalue weighted by atomic mass is 10.6. The van der Waals surface area contributed by atoms with E-state index in [1.165, 1.54) is 6.08 Å². The first kappa shape index (κ1) is 6.82. The highest BCUT2D eigenvalue weighted by Gasteiger charge is 1.77. The van der Waals surface area contributed by atoms with Crippen molar-refractivity contribution in [3.63, 3.8) is 0 Å². The fourth-order valence-electron chi connectivity index (χ4n) is 0.166. The molecule has 0 heterocycles. The van der Waals surface area contributed by atoms with Crippen LogP contribution in [0.2, 0.25) is 0 Å². The van der Waals surface area contributed by atoms with Crippen molar-refractivity contribution in [2.45, 2.75) is 0 Å². The summed E-state index contributed by atoms with van der Waals surface area (Å²) in [5, 5.41) is 8.03. The number of hydrogen-bond donors (Lipinski definition) is 1. The Labute approximate surface area is 48.4 Å². The molecule has 0 aliphatic carbocycles. The summed E-state index contributed by atoms with van der Waals surface area (Å²) in [5.74, 6) is 0.412. The fraction of sp³-hybridized carbons (Fsp3) is 0. The summed E-state index contributed by atoms with van der Waals surface area (Å²) in [6.07, 6.45) is 3.35. The molecular weight excluding hydrogens is 104 g/mol. The molecule has 0 radical (unpaired) electrons. The van der Waals surface area contributed by atoms with Crippen LogP contribution in [0, 0.1) is 0 Å². The average molecular weight is 112 g/mol. The lowest BCUT2D eigenvalue weighted by Gasteiger charge is -1.92. The first-order valence-electron chi connectivity index (χ1n) is 2.08. The van der Waals surface area contributed by atoms with Crippen LogP contribution in [0.1, 0.15) is 0 Å². The van der Waals surface area contributed by atoms with Crippen molar-refractivity contribution in [1.29, 1.82) is 0 Å². The minimum atomic E-state index is 0.412. The van der Waals surface area contributed by atoms with Crippen LogP contribution in [0.25, 0.3) is 0 Å². The zero-order valence-corrected chi connectivity index (χ0v) is 4.50. The maximum absolute atomic E-state index is 8.03. The van der Waals surface area contributed by atoms with Crippen LogP contribution in [0.15, 0.2) is 37.5 Å². The van der Waals surface area contributed by atoms with Crippen molar-refractivity contribution in [2.75, 3.05) is 0 Å². The molecule has 0 unspecified atom stereocenters. The summed E-state index contributed by atoms with van der Waals surface area (Å²) in [6, 6.07) is 0. The number of aliphatic hydroxyl groups excluding tert-OH is 1. The third-order valence-electron chi connectivity index (χ3n) is 0.508. The number of rotatable bonds is 3. The van der Waals surface area contributed by atoms with E-state index in [-0.39, 0.29) is 0 Å². The van der Waals surface area contributed by atoms with Gasteiger partial charge in [-0.2, -0.15) is 0 Å². The number of allylic oxidation sites excluding steroid dienone is 1. The van der Waals surface area contributed by atoms with Crippen LogP contribution < -0.4 is 0 Å². The zero-order valence-electron chi connectivity index (χ0n) is 4.50. The van der Waals surface area contributed by atoms with E-state index in [0.29, 0.717) is 5.76 Å². The molecule has 2 nitrogen and oxygen atoms in total. The van der Waals surface area contributed by atoms with E-state index in [9.17, 15) is 0 Å². The van der Waals surface area contributed by atoms with Crippen LogP contribution in [-0.4, -0.2) is 5.11 Å². The second-order valence-corrected chi connectivity index (χ2v) is 1.07. The highest BCUT2D eigenvalue weighted by Crippen LogP contribution is 1.92. The minimum absolute atomic E-state index is 0.412. The Morgan fingerprint density at radius 2 is 2.25 bits per heavy atom. The van der Waals surface area contributed by atoms with Crippen molar-refractivity contribution in [3.05, 3.63) is 37.5 Å². The summed E-state index contributed by atoms with van der Waals surface area (Å²) in [5.41, 5.74) is 0. The van der Waals surface area contributed by atoms with Gasteiger partial charge in [-0.3, -0.25) is 0 Å². The lowest BCUT2D eigenvalue weighted by Crippen LogP contribution is -1.73. The van der Waals surface area contributed by atoms with Crippen LogP contribution in [-0.2, 0) is 4.74 Å². The topological polar surface area (TPSA) is 29.5 Å². The zero-order chi connectivity index (χ0) is 6.41. The molecule has 0 spiro atoms. The molecule has 0 amide bonds. The van der Waals surface area contributed by atoms with E-state index in [1.54, 1.807) is 0 Å². The maximum atomic E-state index is 8.03. The molecule has 0 aliphatic rings. The molecule has 0 atom stereocenters. The summed E-state index contributed by atoms with van der Waals surface area (Å²) >= 11 is 0. The van der Waals surface area contributed by atoms with E-state index < -0.39 is 0 Å². The number of ether oxygens (including phenoxy) is 1. The number of aliphatic hydroxyl groups is 1. The Kier molecular flexibility index (Phi) is 3.40. The van der Waals surface area contributed by atoms with Crippen molar-refractivity contribution < 1.29 is 9.84 Å². The van der Waals surface area contributed by atoms with Gasteiger partial charge in [-0.1, -0.05) is 13.2 Å². The molecule has 44 valence electrons.